The van der Waals surface area contributed by atoms with Crippen LogP contribution in [0.1, 0.15) is 31.7 Å². The molecule has 31 heavy (non-hydrogen) atoms. The lowest BCUT2D eigenvalue weighted by Crippen LogP contribution is -2.45. The van der Waals surface area contributed by atoms with Crippen LogP contribution in [0.3, 0.4) is 0 Å². The molecule has 168 valence electrons. The van der Waals surface area contributed by atoms with Crippen LogP contribution in [0.2, 0.25) is 0 Å². The number of benzene rings is 1. The van der Waals surface area contributed by atoms with Crippen LogP contribution >= 0.6 is 0 Å². The van der Waals surface area contributed by atoms with E-state index in [0.29, 0.717) is 31.7 Å². The van der Waals surface area contributed by atoms with Gasteiger partial charge in [0.2, 0.25) is 5.95 Å². The lowest BCUT2D eigenvalue weighted by Gasteiger charge is -2.35. The number of hydrogen-bond acceptors (Lipinski definition) is 7. The van der Waals surface area contributed by atoms with Crippen molar-refractivity contribution in [3.63, 3.8) is 0 Å². The van der Waals surface area contributed by atoms with E-state index < -0.39 is 23.9 Å². The molecule has 2 aliphatic rings. The Hall–Kier alpha value is -2.59. The van der Waals surface area contributed by atoms with Crippen molar-refractivity contribution in [3.8, 4) is 0 Å². The Balaban J connectivity index is 1.54. The molecule has 0 aliphatic carbocycles. The molecule has 3 heterocycles. The van der Waals surface area contributed by atoms with Crippen LogP contribution in [0.15, 0.2) is 30.5 Å². The Morgan fingerprint density at radius 1 is 1.10 bits per heavy atom. The molecule has 1 aromatic heterocycles. The SMILES string of the molecule is C[C@@H]1CCCN1c1nc(Nc2ccc(N3C[C@H](O)C[C@H](O)C3)cc2)ncc1C(F)(F)F. The fourth-order valence-corrected chi connectivity index (χ4v) is 4.24. The lowest BCUT2D eigenvalue weighted by molar-refractivity contribution is -0.137. The highest BCUT2D eigenvalue weighted by Gasteiger charge is 2.38. The molecule has 3 N–H and O–H groups in total. The highest BCUT2D eigenvalue weighted by molar-refractivity contribution is 5.61. The molecule has 3 atom stereocenters. The quantitative estimate of drug-likeness (QED) is 0.678. The summed E-state index contributed by atoms with van der Waals surface area (Å²) in [5.41, 5.74) is 0.634. The van der Waals surface area contributed by atoms with Crippen molar-refractivity contribution in [1.82, 2.24) is 9.97 Å². The van der Waals surface area contributed by atoms with Gasteiger partial charge in [0.1, 0.15) is 11.4 Å². The number of piperidine rings is 1. The second-order valence-corrected chi connectivity index (χ2v) is 8.23. The minimum absolute atomic E-state index is 0.0154. The number of nitrogens with zero attached hydrogens (tertiary/aromatic N) is 4. The molecule has 10 heteroatoms. The average Bonchev–Trinajstić information content (AvgIpc) is 3.13. The van der Waals surface area contributed by atoms with Crippen molar-refractivity contribution in [2.24, 2.45) is 0 Å². The Morgan fingerprint density at radius 3 is 2.35 bits per heavy atom. The monoisotopic (exact) mass is 437 g/mol. The van der Waals surface area contributed by atoms with Gasteiger partial charge in [-0.25, -0.2) is 4.98 Å². The molecule has 0 amide bonds. The zero-order valence-electron chi connectivity index (χ0n) is 17.2. The summed E-state index contributed by atoms with van der Waals surface area (Å²) in [5, 5.41) is 22.7. The third-order valence-electron chi connectivity index (χ3n) is 5.79. The third kappa shape index (κ3) is 4.85. The number of anilines is 4. The molecule has 0 unspecified atom stereocenters. The van der Waals surface area contributed by atoms with Crippen LogP contribution in [-0.2, 0) is 6.18 Å². The van der Waals surface area contributed by atoms with Gasteiger partial charge >= 0.3 is 6.18 Å². The van der Waals surface area contributed by atoms with E-state index >= 15 is 0 Å². The second kappa shape index (κ2) is 8.51. The van der Waals surface area contributed by atoms with E-state index in [1.807, 2.05) is 24.0 Å². The number of aliphatic hydroxyl groups excluding tert-OH is 2. The molecule has 7 nitrogen and oxygen atoms in total. The summed E-state index contributed by atoms with van der Waals surface area (Å²) < 4.78 is 40.5. The molecule has 0 spiro atoms. The van der Waals surface area contributed by atoms with Gasteiger partial charge in [0.05, 0.1) is 12.2 Å². The first-order valence-electron chi connectivity index (χ1n) is 10.4. The van der Waals surface area contributed by atoms with Gasteiger partial charge in [-0.1, -0.05) is 0 Å². The van der Waals surface area contributed by atoms with Crippen molar-refractivity contribution in [1.29, 1.82) is 0 Å². The van der Waals surface area contributed by atoms with Crippen LogP contribution in [0.5, 0.6) is 0 Å². The van der Waals surface area contributed by atoms with Crippen molar-refractivity contribution < 1.29 is 23.4 Å². The summed E-state index contributed by atoms with van der Waals surface area (Å²) in [7, 11) is 0. The number of aromatic nitrogens is 2. The molecule has 2 aromatic rings. The minimum Gasteiger partial charge on any atom is -0.391 e. The normalized spacial score (nSPS) is 24.5. The van der Waals surface area contributed by atoms with Gasteiger partial charge in [0, 0.05) is 49.7 Å². The smallest absolute Gasteiger partial charge is 0.391 e. The van der Waals surface area contributed by atoms with Gasteiger partial charge in [-0.3, -0.25) is 0 Å². The number of alkyl halides is 3. The van der Waals surface area contributed by atoms with E-state index in [1.165, 1.54) is 0 Å². The summed E-state index contributed by atoms with van der Waals surface area (Å²) in [6, 6.07) is 7.16. The van der Waals surface area contributed by atoms with Gasteiger partial charge in [0.15, 0.2) is 0 Å². The largest absolute Gasteiger partial charge is 0.421 e. The summed E-state index contributed by atoms with van der Waals surface area (Å²) in [6.07, 6.45) is -2.86. The zero-order valence-corrected chi connectivity index (χ0v) is 17.2. The van der Waals surface area contributed by atoms with Crippen LogP contribution in [0.4, 0.5) is 36.3 Å². The predicted molar refractivity (Wildman–Crippen MR) is 112 cm³/mol. The highest BCUT2D eigenvalue weighted by atomic mass is 19.4. The maximum Gasteiger partial charge on any atom is 0.421 e. The zero-order chi connectivity index (χ0) is 22.2. The average molecular weight is 437 g/mol. The van der Waals surface area contributed by atoms with Gasteiger partial charge in [-0.05, 0) is 44.0 Å². The van der Waals surface area contributed by atoms with E-state index in [0.717, 1.165) is 24.7 Å². The van der Waals surface area contributed by atoms with E-state index in [1.54, 1.807) is 17.0 Å². The number of nitrogens with one attached hydrogen (secondary N) is 1. The highest BCUT2D eigenvalue weighted by Crippen LogP contribution is 2.38. The van der Waals surface area contributed by atoms with E-state index in [-0.39, 0.29) is 17.8 Å². The first kappa shape index (κ1) is 21.6. The molecule has 2 aliphatic heterocycles. The lowest BCUT2D eigenvalue weighted by atomic mass is 10.0. The maximum absolute atomic E-state index is 13.5. The summed E-state index contributed by atoms with van der Waals surface area (Å²) in [6.45, 7) is 3.30. The molecule has 2 fully saturated rings. The number of β-amino-alcohol motifs (C(OH)–C–C–N with tert-alkyl or cyclic N) is 2. The Labute approximate surface area is 178 Å². The first-order valence-corrected chi connectivity index (χ1v) is 10.4. The van der Waals surface area contributed by atoms with Gasteiger partial charge in [-0.2, -0.15) is 18.2 Å². The number of aliphatic hydroxyl groups is 2. The van der Waals surface area contributed by atoms with Crippen molar-refractivity contribution in [3.05, 3.63) is 36.0 Å². The summed E-state index contributed by atoms with van der Waals surface area (Å²) >= 11 is 0. The van der Waals surface area contributed by atoms with Crippen LogP contribution in [-0.4, -0.2) is 58.1 Å². The fraction of sp³-hybridized carbons (Fsp3) is 0.524. The maximum atomic E-state index is 13.5. The van der Waals surface area contributed by atoms with Crippen LogP contribution in [0, 0.1) is 0 Å². The molecule has 4 rings (SSSR count). The Bertz CT molecular complexity index is 899. The van der Waals surface area contributed by atoms with Gasteiger partial charge in [-0.15, -0.1) is 0 Å². The van der Waals surface area contributed by atoms with E-state index in [9.17, 15) is 23.4 Å². The first-order chi connectivity index (χ1) is 14.7. The summed E-state index contributed by atoms with van der Waals surface area (Å²) in [4.78, 5) is 11.7. The standard InChI is InChI=1S/C21H26F3N5O2/c1-13-3-2-8-29(13)19-18(21(22,23)24)10-25-20(27-19)26-14-4-6-15(7-5-14)28-11-16(30)9-17(31)12-28/h4-7,10,13,16-17,30-31H,2-3,8-9,11-12H2,1H3,(H,25,26,27)/t13-,16-,17+/m1/s1. The molecule has 1 aromatic carbocycles. The van der Waals surface area contributed by atoms with Crippen molar-refractivity contribution in [2.45, 2.75) is 50.6 Å². The second-order valence-electron chi connectivity index (χ2n) is 8.23. The third-order valence-corrected chi connectivity index (χ3v) is 5.79. The topological polar surface area (TPSA) is 84.8 Å². The van der Waals surface area contributed by atoms with Crippen molar-refractivity contribution >= 4 is 23.1 Å². The number of halogens is 3. The molecular formula is C21H26F3N5O2. The predicted octanol–water partition coefficient (Wildman–Crippen LogP) is 3.16. The molecular weight excluding hydrogens is 411 g/mol. The number of rotatable bonds is 4. The van der Waals surface area contributed by atoms with Crippen LogP contribution < -0.4 is 15.1 Å². The van der Waals surface area contributed by atoms with Gasteiger partial charge < -0.3 is 25.3 Å². The Kier molecular flexibility index (Phi) is 5.94. The van der Waals surface area contributed by atoms with Gasteiger partial charge in [0.25, 0.3) is 0 Å². The molecule has 2 saturated heterocycles. The van der Waals surface area contributed by atoms with Crippen LogP contribution in [0.25, 0.3) is 0 Å². The minimum atomic E-state index is -4.53. The fourth-order valence-electron chi connectivity index (χ4n) is 4.24. The number of hydrogen-bond donors (Lipinski definition) is 3. The molecule has 0 bridgehead atoms. The van der Waals surface area contributed by atoms with E-state index in [4.69, 9.17) is 0 Å². The van der Waals surface area contributed by atoms with Crippen molar-refractivity contribution in [2.75, 3.05) is 34.8 Å². The summed E-state index contributed by atoms with van der Waals surface area (Å²) in [5.74, 6) is 0.00146. The van der Waals surface area contributed by atoms with E-state index in [2.05, 4.69) is 15.3 Å². The molecule has 0 radical (unpaired) electrons. The Morgan fingerprint density at radius 2 is 1.77 bits per heavy atom. The molecule has 0 saturated carbocycles.